The van der Waals surface area contributed by atoms with E-state index in [0.717, 1.165) is 0 Å². The number of aryl methyl sites for hydroxylation is 1. The van der Waals surface area contributed by atoms with E-state index in [1.807, 2.05) is 0 Å². The highest BCUT2D eigenvalue weighted by molar-refractivity contribution is 5.76. The summed E-state index contributed by atoms with van der Waals surface area (Å²) in [5.74, 6) is -0.471. The predicted octanol–water partition coefficient (Wildman–Crippen LogP) is 1.55. The summed E-state index contributed by atoms with van der Waals surface area (Å²) < 4.78 is 34.2. The average molecular weight is 213 g/mol. The van der Waals surface area contributed by atoms with Crippen molar-refractivity contribution in [1.82, 2.24) is 4.98 Å². The Balaban J connectivity index is 3.22. The Kier molecular flexibility index (Phi) is 2.17. The summed E-state index contributed by atoms with van der Waals surface area (Å²) in [6.07, 6.45) is 0.546. The molecule has 1 heterocycles. The van der Waals surface area contributed by atoms with Gasteiger partial charge in [-0.3, -0.25) is 9.59 Å². The number of esters is 1. The fraction of sp³-hybridized carbons (Fsp3) is 0.455. The predicted molar refractivity (Wildman–Crippen MR) is 56.0 cm³/mol. The van der Waals surface area contributed by atoms with Gasteiger partial charge in [-0.25, -0.2) is 0 Å². The van der Waals surface area contributed by atoms with E-state index in [-0.39, 0.29) is 31.0 Å². The van der Waals surface area contributed by atoms with Crippen molar-refractivity contribution in [2.75, 3.05) is 7.11 Å². The SMILES string of the molecule is [2H]Cc1[nH]c(C=O)c(C([2H])([2H])[2H])c1CCC(=O)OC. The van der Waals surface area contributed by atoms with Crippen LogP contribution >= 0.6 is 0 Å². The molecule has 0 amide bonds. The van der Waals surface area contributed by atoms with Crippen LogP contribution in [0, 0.1) is 13.8 Å². The summed E-state index contributed by atoms with van der Waals surface area (Å²) in [5.41, 5.74) is 0.524. The number of carbonyl (C=O) groups excluding carboxylic acids is 2. The molecule has 0 unspecified atom stereocenters. The Labute approximate surface area is 94.3 Å². The number of hydrogen-bond acceptors (Lipinski definition) is 3. The van der Waals surface area contributed by atoms with Crippen molar-refractivity contribution >= 4 is 12.3 Å². The molecule has 0 saturated heterocycles. The van der Waals surface area contributed by atoms with Crippen LogP contribution in [0.25, 0.3) is 0 Å². The van der Waals surface area contributed by atoms with Gasteiger partial charge in [-0.05, 0) is 31.3 Å². The van der Waals surface area contributed by atoms with Gasteiger partial charge in [0.1, 0.15) is 0 Å². The molecule has 0 aliphatic heterocycles. The smallest absolute Gasteiger partial charge is 0.305 e. The molecule has 0 atom stereocenters. The van der Waals surface area contributed by atoms with E-state index < -0.39 is 12.8 Å². The fourth-order valence-corrected chi connectivity index (χ4v) is 1.31. The molecular weight excluding hydrogens is 194 g/mol. The Morgan fingerprint density at radius 3 is 3.00 bits per heavy atom. The first-order chi connectivity index (χ1) is 8.85. The second-order valence-corrected chi connectivity index (χ2v) is 3.06. The molecule has 1 aromatic rings. The van der Waals surface area contributed by atoms with Gasteiger partial charge in [-0.15, -0.1) is 0 Å². The lowest BCUT2D eigenvalue weighted by Gasteiger charge is -2.01. The third-order valence-electron chi connectivity index (χ3n) is 2.15. The monoisotopic (exact) mass is 213 g/mol. The molecule has 4 nitrogen and oxygen atoms in total. The molecule has 0 saturated carbocycles. The second kappa shape index (κ2) is 4.77. The molecule has 0 aliphatic carbocycles. The topological polar surface area (TPSA) is 59.2 Å². The van der Waals surface area contributed by atoms with Crippen molar-refractivity contribution in [2.24, 2.45) is 0 Å². The van der Waals surface area contributed by atoms with E-state index >= 15 is 0 Å². The number of nitrogens with one attached hydrogen (secondary N) is 1. The third kappa shape index (κ3) is 2.46. The van der Waals surface area contributed by atoms with Gasteiger partial charge in [-0.1, -0.05) is 0 Å². The van der Waals surface area contributed by atoms with Gasteiger partial charge in [-0.2, -0.15) is 0 Å². The fourth-order valence-electron chi connectivity index (χ4n) is 1.31. The van der Waals surface area contributed by atoms with Crippen LogP contribution in [0.1, 0.15) is 39.2 Å². The van der Waals surface area contributed by atoms with Crippen LogP contribution in [0.15, 0.2) is 0 Å². The number of ether oxygens (including phenoxy) is 1. The van der Waals surface area contributed by atoms with Crippen molar-refractivity contribution in [3.63, 3.8) is 0 Å². The molecule has 1 aromatic heterocycles. The largest absolute Gasteiger partial charge is 0.469 e. The van der Waals surface area contributed by atoms with Crippen LogP contribution in [0.4, 0.5) is 0 Å². The van der Waals surface area contributed by atoms with Crippen molar-refractivity contribution in [1.29, 1.82) is 0 Å². The minimum Gasteiger partial charge on any atom is -0.469 e. The molecule has 0 aliphatic rings. The molecule has 0 spiro atoms. The standard InChI is InChI=1S/C11H15NO3/c1-7-9(4-5-11(14)15-3)8(2)12-10(7)6-13/h6,12H,4-5H2,1-3H3/i1D3,2D. The molecule has 82 valence electrons. The van der Waals surface area contributed by atoms with Crippen molar-refractivity contribution < 1.29 is 19.8 Å². The van der Waals surface area contributed by atoms with Gasteiger partial charge >= 0.3 is 5.97 Å². The highest BCUT2D eigenvalue weighted by atomic mass is 16.5. The van der Waals surface area contributed by atoms with Gasteiger partial charge in [0.25, 0.3) is 0 Å². The minimum absolute atomic E-state index is 0.00271. The Hall–Kier alpha value is -1.58. The van der Waals surface area contributed by atoms with Crippen LogP contribution in [-0.2, 0) is 16.0 Å². The Bertz CT molecular complexity index is 479. The minimum atomic E-state index is -2.47. The number of H-pyrrole nitrogens is 1. The maximum Gasteiger partial charge on any atom is 0.305 e. The summed E-state index contributed by atoms with van der Waals surface area (Å²) in [6, 6.07) is 0. The number of methoxy groups -OCH3 is 1. The molecular formula is C11H15NO3. The van der Waals surface area contributed by atoms with Gasteiger partial charge in [0.15, 0.2) is 6.29 Å². The van der Waals surface area contributed by atoms with Gasteiger partial charge in [0.05, 0.1) is 12.8 Å². The summed E-state index contributed by atoms with van der Waals surface area (Å²) in [5, 5.41) is 0. The van der Waals surface area contributed by atoms with Crippen molar-refractivity contribution in [2.45, 2.75) is 26.6 Å². The lowest BCUT2D eigenvalue weighted by Crippen LogP contribution is -2.02. The number of aldehydes is 1. The van der Waals surface area contributed by atoms with E-state index in [2.05, 4.69) is 9.72 Å². The maximum atomic E-state index is 11.1. The number of hydrogen-bond donors (Lipinski definition) is 1. The molecule has 0 fully saturated rings. The molecule has 4 heteroatoms. The zero-order valence-corrected chi connectivity index (χ0v) is 8.42. The van der Waals surface area contributed by atoms with Crippen LogP contribution in [-0.4, -0.2) is 24.3 Å². The molecule has 0 bridgehead atoms. The van der Waals surface area contributed by atoms with Crippen LogP contribution in [0.3, 0.4) is 0 Å². The van der Waals surface area contributed by atoms with Crippen LogP contribution < -0.4 is 0 Å². The first kappa shape index (κ1) is 6.82. The number of carbonyl (C=O) groups is 2. The average Bonchev–Trinajstić information content (AvgIpc) is 2.73. The first-order valence-electron chi connectivity index (χ1n) is 6.61. The first-order valence-corrected chi connectivity index (χ1v) is 4.40. The summed E-state index contributed by atoms with van der Waals surface area (Å²) in [6.45, 7) is -2.65. The lowest BCUT2D eigenvalue weighted by atomic mass is 10.1. The van der Waals surface area contributed by atoms with Crippen molar-refractivity contribution in [3.05, 3.63) is 22.5 Å². The van der Waals surface area contributed by atoms with Gasteiger partial charge in [0.2, 0.25) is 0 Å². The molecule has 0 aromatic carbocycles. The normalized spacial score (nSPS) is 14.7. The molecule has 0 radical (unpaired) electrons. The van der Waals surface area contributed by atoms with Crippen LogP contribution in [0.5, 0.6) is 0 Å². The number of rotatable bonds is 4. The molecule has 1 N–H and O–H groups in total. The van der Waals surface area contributed by atoms with Gasteiger partial charge < -0.3 is 9.72 Å². The van der Waals surface area contributed by atoms with E-state index in [4.69, 9.17) is 5.48 Å². The quantitative estimate of drug-likeness (QED) is 0.609. The summed E-state index contributed by atoms with van der Waals surface area (Å²) >= 11 is 0. The lowest BCUT2D eigenvalue weighted by molar-refractivity contribution is -0.140. The van der Waals surface area contributed by atoms with E-state index in [9.17, 15) is 9.59 Å². The van der Waals surface area contributed by atoms with E-state index in [1.165, 1.54) is 7.11 Å². The Morgan fingerprint density at radius 2 is 2.47 bits per heavy atom. The number of aromatic nitrogens is 1. The maximum absolute atomic E-state index is 11.1. The van der Waals surface area contributed by atoms with Crippen LogP contribution in [0.2, 0.25) is 0 Å². The third-order valence-corrected chi connectivity index (χ3v) is 2.15. The highest BCUT2D eigenvalue weighted by Crippen LogP contribution is 2.18. The molecule has 15 heavy (non-hydrogen) atoms. The zero-order valence-electron chi connectivity index (χ0n) is 12.4. The number of aromatic amines is 1. The van der Waals surface area contributed by atoms with E-state index in [1.54, 1.807) is 0 Å². The van der Waals surface area contributed by atoms with Crippen molar-refractivity contribution in [3.8, 4) is 0 Å². The highest BCUT2D eigenvalue weighted by Gasteiger charge is 2.12. The second-order valence-electron chi connectivity index (χ2n) is 3.06. The summed E-state index contributed by atoms with van der Waals surface area (Å²) in [4.78, 5) is 24.7. The van der Waals surface area contributed by atoms with Gasteiger partial charge in [0, 0.05) is 17.6 Å². The zero-order chi connectivity index (χ0) is 14.6. The summed E-state index contributed by atoms with van der Waals surface area (Å²) in [7, 11) is 1.24. The Morgan fingerprint density at radius 1 is 1.67 bits per heavy atom. The molecule has 1 rings (SSSR count). The van der Waals surface area contributed by atoms with E-state index in [0.29, 0.717) is 17.5 Å².